The third-order valence-corrected chi connectivity index (χ3v) is 4.81. The second kappa shape index (κ2) is 9.89. The lowest BCUT2D eigenvalue weighted by molar-refractivity contribution is 0.0989. The zero-order valence-electron chi connectivity index (χ0n) is 18.1. The first-order valence-electron chi connectivity index (χ1n) is 9.88. The van der Waals surface area contributed by atoms with Crippen LogP contribution in [0.5, 0.6) is 11.5 Å². The average Bonchev–Trinajstić information content (AvgIpc) is 2.78. The number of fused-ring (bicyclic) bond motifs is 1. The third-order valence-electron chi connectivity index (χ3n) is 4.81. The first-order valence-corrected chi connectivity index (χ1v) is 9.88. The molecule has 6 heteroatoms. The summed E-state index contributed by atoms with van der Waals surface area (Å²) in [6.07, 6.45) is 4.94. The van der Waals surface area contributed by atoms with Crippen LogP contribution in [0.3, 0.4) is 0 Å². The molecule has 31 heavy (non-hydrogen) atoms. The van der Waals surface area contributed by atoms with Gasteiger partial charge in [0.05, 0.1) is 31.1 Å². The molecule has 0 aromatic heterocycles. The van der Waals surface area contributed by atoms with E-state index in [0.29, 0.717) is 30.1 Å². The van der Waals surface area contributed by atoms with E-state index in [1.54, 1.807) is 6.07 Å². The van der Waals surface area contributed by atoms with Crippen LogP contribution in [0.25, 0.3) is 0 Å². The van der Waals surface area contributed by atoms with E-state index in [0.717, 1.165) is 11.1 Å². The van der Waals surface area contributed by atoms with Crippen LogP contribution in [0.15, 0.2) is 65.4 Å². The fourth-order valence-corrected chi connectivity index (χ4v) is 3.28. The number of allylic oxidation sites excluding steroid dienone is 4. The molecule has 0 radical (unpaired) electrons. The normalized spacial score (nSPS) is 13.0. The number of ether oxygens (including phenoxy) is 2. The van der Waals surface area contributed by atoms with Crippen LogP contribution in [0, 0.1) is 0 Å². The molecule has 0 saturated heterocycles. The van der Waals surface area contributed by atoms with Crippen molar-refractivity contribution in [3.63, 3.8) is 0 Å². The van der Waals surface area contributed by atoms with Crippen molar-refractivity contribution in [3.8, 4) is 11.5 Å². The van der Waals surface area contributed by atoms with E-state index in [1.165, 1.54) is 26.4 Å². The summed E-state index contributed by atoms with van der Waals surface area (Å²) in [7, 11) is 2.92. The lowest BCUT2D eigenvalue weighted by Gasteiger charge is -2.20. The lowest BCUT2D eigenvalue weighted by atomic mass is 9.89. The van der Waals surface area contributed by atoms with E-state index < -0.39 is 0 Å². The fraction of sp³-hybridized carbons (Fsp3) is 0.240. The van der Waals surface area contributed by atoms with Crippen molar-refractivity contribution < 1.29 is 23.9 Å². The zero-order valence-corrected chi connectivity index (χ0v) is 18.1. The summed E-state index contributed by atoms with van der Waals surface area (Å²) in [4.78, 5) is 30.8. The van der Waals surface area contributed by atoms with Gasteiger partial charge in [0.2, 0.25) is 0 Å². The highest BCUT2D eigenvalue weighted by molar-refractivity contribution is 6.25. The standard InChI is InChI=1S/C25H25NO5/c1-16(2)10-11-19(26-31-15-17-8-6-5-7-9-17)18-14-22(29-3)23-20(27)12-13-21(28)24(23)25(18)30-4/h5-10,12-14H,11,15H2,1-4H3. The van der Waals surface area contributed by atoms with E-state index in [9.17, 15) is 9.59 Å². The number of hydrogen-bond acceptors (Lipinski definition) is 6. The maximum absolute atomic E-state index is 12.7. The van der Waals surface area contributed by atoms with Gasteiger partial charge < -0.3 is 14.3 Å². The van der Waals surface area contributed by atoms with Crippen molar-refractivity contribution in [3.05, 3.63) is 82.5 Å². The molecule has 0 amide bonds. The minimum atomic E-state index is -0.321. The number of benzene rings is 2. The molecular weight excluding hydrogens is 394 g/mol. The van der Waals surface area contributed by atoms with Gasteiger partial charge in [-0.25, -0.2) is 0 Å². The molecule has 1 aliphatic rings. The number of carbonyl (C=O) groups excluding carboxylic acids is 2. The number of rotatable bonds is 8. The molecule has 0 heterocycles. The molecule has 0 saturated carbocycles. The van der Waals surface area contributed by atoms with Gasteiger partial charge in [-0.2, -0.15) is 0 Å². The van der Waals surface area contributed by atoms with E-state index in [-0.39, 0.29) is 28.4 Å². The molecular formula is C25H25NO5. The SMILES string of the molecule is COc1cc(C(CC=C(C)C)=NOCc2ccccc2)c(OC)c2c1C(=O)C=CC2=O. The summed E-state index contributed by atoms with van der Waals surface area (Å²) < 4.78 is 11.0. The Kier molecular flexibility index (Phi) is 7.03. The molecule has 2 aromatic rings. The number of oxime groups is 1. The second-order valence-corrected chi connectivity index (χ2v) is 7.25. The van der Waals surface area contributed by atoms with E-state index in [4.69, 9.17) is 14.3 Å². The van der Waals surface area contributed by atoms with Crippen molar-refractivity contribution >= 4 is 17.3 Å². The molecule has 0 aliphatic heterocycles. The van der Waals surface area contributed by atoms with Gasteiger partial charge in [0.1, 0.15) is 18.1 Å². The first-order chi connectivity index (χ1) is 15.0. The average molecular weight is 419 g/mol. The third kappa shape index (κ3) is 4.91. The van der Waals surface area contributed by atoms with Gasteiger partial charge >= 0.3 is 0 Å². The Bertz CT molecular complexity index is 1080. The maximum Gasteiger partial charge on any atom is 0.190 e. The second-order valence-electron chi connectivity index (χ2n) is 7.25. The smallest absolute Gasteiger partial charge is 0.190 e. The molecule has 6 nitrogen and oxygen atoms in total. The monoisotopic (exact) mass is 419 g/mol. The largest absolute Gasteiger partial charge is 0.496 e. The van der Waals surface area contributed by atoms with Gasteiger partial charge in [-0.15, -0.1) is 0 Å². The lowest BCUT2D eigenvalue weighted by Crippen LogP contribution is -2.17. The highest BCUT2D eigenvalue weighted by atomic mass is 16.6. The molecule has 2 aromatic carbocycles. The van der Waals surface area contributed by atoms with Crippen LogP contribution in [0.2, 0.25) is 0 Å². The predicted molar refractivity (Wildman–Crippen MR) is 119 cm³/mol. The Morgan fingerprint density at radius 1 is 0.968 bits per heavy atom. The number of methoxy groups -OCH3 is 2. The van der Waals surface area contributed by atoms with Crippen LogP contribution in [-0.4, -0.2) is 31.5 Å². The van der Waals surface area contributed by atoms with Crippen molar-refractivity contribution in [1.29, 1.82) is 0 Å². The quantitative estimate of drug-likeness (QED) is 0.345. The molecule has 0 atom stereocenters. The number of nitrogens with zero attached hydrogens (tertiary/aromatic N) is 1. The highest BCUT2D eigenvalue weighted by Gasteiger charge is 2.31. The molecule has 1 aliphatic carbocycles. The Morgan fingerprint density at radius 2 is 1.65 bits per heavy atom. The molecule has 0 unspecified atom stereocenters. The van der Waals surface area contributed by atoms with Crippen LogP contribution in [-0.2, 0) is 11.4 Å². The minimum absolute atomic E-state index is 0.178. The molecule has 0 N–H and O–H groups in total. The summed E-state index contributed by atoms with van der Waals surface area (Å²) in [5.74, 6) is -0.0537. The number of carbonyl (C=O) groups is 2. The molecule has 0 bridgehead atoms. The summed E-state index contributed by atoms with van der Waals surface area (Å²) in [5.41, 5.74) is 3.56. The van der Waals surface area contributed by atoms with Crippen LogP contribution >= 0.6 is 0 Å². The Hall–Kier alpha value is -3.67. The summed E-state index contributed by atoms with van der Waals surface area (Å²) in [6, 6.07) is 11.4. The Balaban J connectivity index is 2.10. The Labute approximate surface area is 181 Å². The summed E-state index contributed by atoms with van der Waals surface area (Å²) in [5, 5.41) is 4.36. The highest BCUT2D eigenvalue weighted by Crippen LogP contribution is 2.38. The maximum atomic E-state index is 12.7. The first kappa shape index (κ1) is 22.0. The van der Waals surface area contributed by atoms with Gasteiger partial charge in [-0.05, 0) is 37.6 Å². The minimum Gasteiger partial charge on any atom is -0.496 e. The molecule has 0 spiro atoms. The van der Waals surface area contributed by atoms with Gasteiger partial charge in [0, 0.05) is 12.0 Å². The molecule has 3 rings (SSSR count). The van der Waals surface area contributed by atoms with Crippen molar-refractivity contribution in [1.82, 2.24) is 0 Å². The van der Waals surface area contributed by atoms with Crippen molar-refractivity contribution in [2.75, 3.05) is 14.2 Å². The van der Waals surface area contributed by atoms with Crippen LogP contribution in [0.1, 0.15) is 52.1 Å². The number of hydrogen-bond donors (Lipinski definition) is 0. The van der Waals surface area contributed by atoms with Crippen LogP contribution in [0.4, 0.5) is 0 Å². The van der Waals surface area contributed by atoms with Crippen LogP contribution < -0.4 is 9.47 Å². The Morgan fingerprint density at radius 3 is 2.26 bits per heavy atom. The zero-order chi connectivity index (χ0) is 22.4. The topological polar surface area (TPSA) is 74.2 Å². The summed E-state index contributed by atoms with van der Waals surface area (Å²) >= 11 is 0. The predicted octanol–water partition coefficient (Wildman–Crippen LogP) is 4.92. The van der Waals surface area contributed by atoms with Crippen molar-refractivity contribution in [2.24, 2.45) is 5.16 Å². The van der Waals surface area contributed by atoms with Gasteiger partial charge in [0.15, 0.2) is 11.6 Å². The fourth-order valence-electron chi connectivity index (χ4n) is 3.28. The van der Waals surface area contributed by atoms with Crippen molar-refractivity contribution in [2.45, 2.75) is 26.9 Å². The molecule has 160 valence electrons. The van der Waals surface area contributed by atoms with Gasteiger partial charge in [-0.3, -0.25) is 9.59 Å². The van der Waals surface area contributed by atoms with E-state index in [1.807, 2.05) is 50.3 Å². The van der Waals surface area contributed by atoms with E-state index >= 15 is 0 Å². The van der Waals surface area contributed by atoms with E-state index in [2.05, 4.69) is 5.16 Å². The number of ketones is 2. The van der Waals surface area contributed by atoms with Gasteiger partial charge in [-0.1, -0.05) is 47.1 Å². The van der Waals surface area contributed by atoms with Gasteiger partial charge in [0.25, 0.3) is 0 Å². The summed E-state index contributed by atoms with van der Waals surface area (Å²) in [6.45, 7) is 4.27. The molecule has 0 fully saturated rings.